The minimum absolute atomic E-state index is 0.00534. The highest BCUT2D eigenvalue weighted by Crippen LogP contribution is 2.53. The summed E-state index contributed by atoms with van der Waals surface area (Å²) in [6.45, 7) is 0.367. The van der Waals surface area contributed by atoms with E-state index in [0.717, 1.165) is 19.3 Å². The van der Waals surface area contributed by atoms with Crippen LogP contribution in [0, 0.1) is 11.2 Å². The van der Waals surface area contributed by atoms with Crippen LogP contribution >= 0.6 is 0 Å². The summed E-state index contributed by atoms with van der Waals surface area (Å²) in [5, 5.41) is 10.6. The molecule has 98 valence electrons. The lowest BCUT2D eigenvalue weighted by atomic mass is 9.68. The SMILES string of the molecule is NCC1(C(O)c2cccc(F)c2)CC2CCC1O2. The number of fused-ring (bicyclic) bond motifs is 2. The van der Waals surface area contributed by atoms with Gasteiger partial charge in [-0.1, -0.05) is 12.1 Å². The lowest BCUT2D eigenvalue weighted by Gasteiger charge is -2.38. The van der Waals surface area contributed by atoms with Crippen LogP contribution in [0.4, 0.5) is 4.39 Å². The van der Waals surface area contributed by atoms with Crippen molar-refractivity contribution in [1.82, 2.24) is 0 Å². The Bertz CT molecular complexity index is 453. The Balaban J connectivity index is 1.93. The summed E-state index contributed by atoms with van der Waals surface area (Å²) < 4.78 is 19.1. The smallest absolute Gasteiger partial charge is 0.123 e. The number of aliphatic hydroxyl groups excluding tert-OH is 1. The third-order valence-electron chi connectivity index (χ3n) is 4.45. The maximum atomic E-state index is 13.3. The Hall–Kier alpha value is -0.970. The molecule has 2 aliphatic rings. The zero-order valence-corrected chi connectivity index (χ0v) is 10.2. The summed E-state index contributed by atoms with van der Waals surface area (Å²) in [5.41, 5.74) is 6.04. The average Bonchev–Trinajstić information content (AvgIpc) is 2.98. The van der Waals surface area contributed by atoms with Gasteiger partial charge in [-0.2, -0.15) is 0 Å². The van der Waals surface area contributed by atoms with Crippen LogP contribution < -0.4 is 5.73 Å². The highest BCUT2D eigenvalue weighted by atomic mass is 19.1. The Morgan fingerprint density at radius 1 is 1.50 bits per heavy atom. The van der Waals surface area contributed by atoms with Gasteiger partial charge >= 0.3 is 0 Å². The molecule has 1 aromatic carbocycles. The molecule has 4 atom stereocenters. The lowest BCUT2D eigenvalue weighted by molar-refractivity contribution is -0.0265. The van der Waals surface area contributed by atoms with Gasteiger partial charge in [0.2, 0.25) is 0 Å². The van der Waals surface area contributed by atoms with Crippen molar-refractivity contribution in [2.75, 3.05) is 6.54 Å². The van der Waals surface area contributed by atoms with Crippen molar-refractivity contribution in [2.24, 2.45) is 11.1 Å². The van der Waals surface area contributed by atoms with Crippen LogP contribution in [-0.4, -0.2) is 23.9 Å². The van der Waals surface area contributed by atoms with E-state index in [0.29, 0.717) is 12.1 Å². The van der Waals surface area contributed by atoms with Crippen LogP contribution in [0.3, 0.4) is 0 Å². The molecule has 0 amide bonds. The van der Waals surface area contributed by atoms with Crippen LogP contribution in [0.15, 0.2) is 24.3 Å². The second-order valence-corrected chi connectivity index (χ2v) is 5.42. The molecule has 0 radical (unpaired) electrons. The molecule has 0 aromatic heterocycles. The summed E-state index contributed by atoms with van der Waals surface area (Å²) in [4.78, 5) is 0. The van der Waals surface area contributed by atoms with Gasteiger partial charge < -0.3 is 15.6 Å². The van der Waals surface area contributed by atoms with E-state index in [1.807, 2.05) is 0 Å². The molecular weight excluding hydrogens is 233 g/mol. The number of nitrogens with two attached hydrogens (primary N) is 1. The molecule has 2 fully saturated rings. The van der Waals surface area contributed by atoms with E-state index < -0.39 is 11.5 Å². The first-order chi connectivity index (χ1) is 8.65. The molecule has 2 aliphatic heterocycles. The fourth-order valence-corrected chi connectivity index (χ4v) is 3.46. The quantitative estimate of drug-likeness (QED) is 0.860. The van der Waals surface area contributed by atoms with Crippen LogP contribution in [0.25, 0.3) is 0 Å². The predicted octanol–water partition coefficient (Wildman–Crippen LogP) is 1.76. The first-order valence-electron chi connectivity index (χ1n) is 6.45. The Labute approximate surface area is 106 Å². The van der Waals surface area contributed by atoms with Gasteiger partial charge in [-0.3, -0.25) is 0 Å². The minimum atomic E-state index is -0.756. The normalized spacial score (nSPS) is 35.9. The largest absolute Gasteiger partial charge is 0.388 e. The van der Waals surface area contributed by atoms with Gasteiger partial charge in [0, 0.05) is 12.0 Å². The number of aliphatic hydroxyl groups is 1. The standard InChI is InChI=1S/C14H18FNO2/c15-10-3-1-2-9(6-10)13(17)14(8-16)7-11-4-5-12(14)18-11/h1-3,6,11-13,17H,4-5,7-8,16H2. The van der Waals surface area contributed by atoms with Crippen molar-refractivity contribution < 1.29 is 14.2 Å². The third-order valence-corrected chi connectivity index (χ3v) is 4.45. The number of ether oxygens (including phenoxy) is 1. The fraction of sp³-hybridized carbons (Fsp3) is 0.571. The molecule has 2 heterocycles. The zero-order chi connectivity index (χ0) is 12.8. The van der Waals surface area contributed by atoms with Crippen LogP contribution in [0.1, 0.15) is 30.9 Å². The summed E-state index contributed by atoms with van der Waals surface area (Å²) in [6.07, 6.45) is 2.21. The summed E-state index contributed by atoms with van der Waals surface area (Å²) >= 11 is 0. The Morgan fingerprint density at radius 2 is 2.33 bits per heavy atom. The number of halogens is 1. The average molecular weight is 251 g/mol. The van der Waals surface area contributed by atoms with Crippen molar-refractivity contribution in [1.29, 1.82) is 0 Å². The molecule has 0 saturated carbocycles. The summed E-state index contributed by atoms with van der Waals surface area (Å²) in [5.74, 6) is -0.331. The molecular formula is C14H18FNO2. The van der Waals surface area contributed by atoms with Crippen molar-refractivity contribution in [3.05, 3.63) is 35.6 Å². The molecule has 1 aromatic rings. The molecule has 4 unspecified atom stereocenters. The van der Waals surface area contributed by atoms with Gasteiger partial charge in [0.1, 0.15) is 5.82 Å². The maximum Gasteiger partial charge on any atom is 0.123 e. The molecule has 4 heteroatoms. The summed E-state index contributed by atoms with van der Waals surface area (Å²) in [7, 11) is 0. The minimum Gasteiger partial charge on any atom is -0.388 e. The van der Waals surface area contributed by atoms with Crippen LogP contribution in [-0.2, 0) is 4.74 Å². The van der Waals surface area contributed by atoms with Gasteiger partial charge in [0.05, 0.1) is 18.3 Å². The van der Waals surface area contributed by atoms with Crippen molar-refractivity contribution in [3.8, 4) is 0 Å². The Morgan fingerprint density at radius 3 is 2.89 bits per heavy atom. The molecule has 0 spiro atoms. The van der Waals surface area contributed by atoms with Gasteiger partial charge in [-0.25, -0.2) is 4.39 Å². The second kappa shape index (κ2) is 4.30. The molecule has 3 N–H and O–H groups in total. The van der Waals surface area contributed by atoms with Gasteiger partial charge in [0.15, 0.2) is 0 Å². The van der Waals surface area contributed by atoms with E-state index in [1.54, 1.807) is 12.1 Å². The highest BCUT2D eigenvalue weighted by Gasteiger charge is 2.55. The fourth-order valence-electron chi connectivity index (χ4n) is 3.46. The lowest BCUT2D eigenvalue weighted by Crippen LogP contribution is -2.44. The number of hydrogen-bond acceptors (Lipinski definition) is 3. The third kappa shape index (κ3) is 1.67. The molecule has 3 nitrogen and oxygen atoms in total. The van der Waals surface area contributed by atoms with Crippen molar-refractivity contribution in [2.45, 2.75) is 37.6 Å². The summed E-state index contributed by atoms with van der Waals surface area (Å²) in [6, 6.07) is 6.13. The topological polar surface area (TPSA) is 55.5 Å². The number of hydrogen-bond donors (Lipinski definition) is 2. The second-order valence-electron chi connectivity index (χ2n) is 5.42. The molecule has 0 aliphatic carbocycles. The van der Waals surface area contributed by atoms with E-state index in [-0.39, 0.29) is 18.0 Å². The van der Waals surface area contributed by atoms with Crippen LogP contribution in [0.5, 0.6) is 0 Å². The molecule has 3 rings (SSSR count). The van der Waals surface area contributed by atoms with E-state index in [1.165, 1.54) is 12.1 Å². The number of rotatable bonds is 3. The van der Waals surface area contributed by atoms with Gasteiger partial charge in [0.25, 0.3) is 0 Å². The maximum absolute atomic E-state index is 13.3. The van der Waals surface area contributed by atoms with Crippen molar-refractivity contribution in [3.63, 3.8) is 0 Å². The zero-order valence-electron chi connectivity index (χ0n) is 10.2. The van der Waals surface area contributed by atoms with E-state index in [2.05, 4.69) is 0 Å². The Kier molecular flexibility index (Phi) is 2.88. The number of benzene rings is 1. The first kappa shape index (κ1) is 12.1. The van der Waals surface area contributed by atoms with E-state index in [9.17, 15) is 9.50 Å². The van der Waals surface area contributed by atoms with E-state index >= 15 is 0 Å². The monoisotopic (exact) mass is 251 g/mol. The highest BCUT2D eigenvalue weighted by molar-refractivity contribution is 5.23. The van der Waals surface area contributed by atoms with E-state index in [4.69, 9.17) is 10.5 Å². The van der Waals surface area contributed by atoms with Crippen molar-refractivity contribution >= 4 is 0 Å². The molecule has 2 saturated heterocycles. The van der Waals surface area contributed by atoms with Gasteiger partial charge in [-0.05, 0) is 37.0 Å². The van der Waals surface area contributed by atoms with Crippen LogP contribution in [0.2, 0.25) is 0 Å². The first-order valence-corrected chi connectivity index (χ1v) is 6.45. The molecule has 18 heavy (non-hydrogen) atoms. The molecule has 2 bridgehead atoms. The predicted molar refractivity (Wildman–Crippen MR) is 65.4 cm³/mol. The van der Waals surface area contributed by atoms with Gasteiger partial charge in [-0.15, -0.1) is 0 Å².